The van der Waals surface area contributed by atoms with Crippen molar-refractivity contribution in [1.82, 2.24) is 9.80 Å². The molecule has 1 aromatic heterocycles. The number of amides is 1. The zero-order valence-corrected chi connectivity index (χ0v) is 18.0. The summed E-state index contributed by atoms with van der Waals surface area (Å²) in [6.45, 7) is 6.16. The van der Waals surface area contributed by atoms with Crippen LogP contribution in [0.3, 0.4) is 0 Å². The average molecular weight is 421 g/mol. The van der Waals surface area contributed by atoms with Crippen LogP contribution in [0.5, 0.6) is 11.5 Å². The van der Waals surface area contributed by atoms with E-state index in [9.17, 15) is 4.79 Å². The zero-order valence-electron chi connectivity index (χ0n) is 18.0. The van der Waals surface area contributed by atoms with Gasteiger partial charge in [-0.15, -0.1) is 0 Å². The molecule has 0 unspecified atom stereocenters. The molecule has 0 aliphatic carbocycles. The second-order valence-corrected chi connectivity index (χ2v) is 7.74. The highest BCUT2D eigenvalue weighted by atomic mass is 16.5. The molecule has 0 saturated carbocycles. The Morgan fingerprint density at radius 1 is 1.00 bits per heavy atom. The molecule has 3 aromatic rings. The third-order valence-corrected chi connectivity index (χ3v) is 5.54. The maximum atomic E-state index is 12.8. The van der Waals surface area contributed by atoms with Crippen molar-refractivity contribution in [3.05, 3.63) is 83.3 Å². The smallest absolute Gasteiger partial charge is 0.289 e. The van der Waals surface area contributed by atoms with Crippen molar-refractivity contribution in [2.75, 3.05) is 33.3 Å². The summed E-state index contributed by atoms with van der Waals surface area (Å²) in [6, 6.07) is 19.5. The first-order valence-electron chi connectivity index (χ1n) is 10.5. The van der Waals surface area contributed by atoms with Crippen LogP contribution in [0.1, 0.15) is 27.4 Å². The molecule has 31 heavy (non-hydrogen) atoms. The van der Waals surface area contributed by atoms with Gasteiger partial charge in [0, 0.05) is 32.7 Å². The van der Waals surface area contributed by atoms with Crippen molar-refractivity contribution < 1.29 is 18.7 Å². The molecule has 0 bridgehead atoms. The largest absolute Gasteiger partial charge is 0.497 e. The lowest BCUT2D eigenvalue weighted by molar-refractivity contribution is 0.0594. The molecule has 0 N–H and O–H groups in total. The molecule has 162 valence electrons. The number of benzene rings is 2. The molecule has 0 radical (unpaired) electrons. The molecule has 6 heteroatoms. The van der Waals surface area contributed by atoms with E-state index in [0.717, 1.165) is 36.7 Å². The fourth-order valence-electron chi connectivity index (χ4n) is 3.73. The minimum absolute atomic E-state index is 0.0665. The van der Waals surface area contributed by atoms with E-state index in [1.165, 1.54) is 5.56 Å². The summed E-state index contributed by atoms with van der Waals surface area (Å²) in [5.74, 6) is 2.63. The number of hydrogen-bond donors (Lipinski definition) is 0. The molecule has 1 amide bonds. The van der Waals surface area contributed by atoms with Crippen LogP contribution in [0.2, 0.25) is 0 Å². The van der Waals surface area contributed by atoms with Gasteiger partial charge >= 0.3 is 0 Å². The number of piperazine rings is 1. The van der Waals surface area contributed by atoms with Crippen molar-refractivity contribution >= 4 is 5.91 Å². The van der Waals surface area contributed by atoms with Crippen LogP contribution in [0, 0.1) is 6.92 Å². The standard InChI is InChI=1S/C25H28N2O4/c1-19-6-3-4-9-23(19)30-18-22-10-11-24(31-22)25(28)27-14-12-26(13-15-27)17-20-7-5-8-21(16-20)29-2/h3-11,16H,12-15,17-18H2,1-2H3. The van der Waals surface area contributed by atoms with Gasteiger partial charge in [0.15, 0.2) is 5.76 Å². The molecular weight excluding hydrogens is 392 g/mol. The van der Waals surface area contributed by atoms with Crippen molar-refractivity contribution in [3.8, 4) is 11.5 Å². The fraction of sp³-hybridized carbons (Fsp3) is 0.320. The molecule has 0 spiro atoms. The van der Waals surface area contributed by atoms with Gasteiger partial charge in [-0.3, -0.25) is 9.69 Å². The maximum Gasteiger partial charge on any atom is 0.289 e. The first-order valence-corrected chi connectivity index (χ1v) is 10.5. The van der Waals surface area contributed by atoms with E-state index in [4.69, 9.17) is 13.9 Å². The number of hydrogen-bond acceptors (Lipinski definition) is 5. The number of carbonyl (C=O) groups is 1. The van der Waals surface area contributed by atoms with E-state index in [1.54, 1.807) is 13.2 Å². The van der Waals surface area contributed by atoms with E-state index >= 15 is 0 Å². The van der Waals surface area contributed by atoms with E-state index in [2.05, 4.69) is 17.0 Å². The van der Waals surface area contributed by atoms with Crippen LogP contribution < -0.4 is 9.47 Å². The lowest BCUT2D eigenvalue weighted by atomic mass is 10.2. The SMILES string of the molecule is COc1cccc(CN2CCN(C(=O)c3ccc(COc4ccccc4C)o3)CC2)c1. The summed E-state index contributed by atoms with van der Waals surface area (Å²) < 4.78 is 16.9. The molecule has 0 atom stereocenters. The Morgan fingerprint density at radius 2 is 1.81 bits per heavy atom. The van der Waals surface area contributed by atoms with E-state index in [0.29, 0.717) is 31.2 Å². The molecule has 2 heterocycles. The summed E-state index contributed by atoms with van der Waals surface area (Å²) in [5.41, 5.74) is 2.28. The van der Waals surface area contributed by atoms with Crippen molar-refractivity contribution in [2.45, 2.75) is 20.1 Å². The normalized spacial score (nSPS) is 14.5. The third-order valence-electron chi connectivity index (χ3n) is 5.54. The number of ether oxygens (including phenoxy) is 2. The topological polar surface area (TPSA) is 55.2 Å². The predicted molar refractivity (Wildman–Crippen MR) is 118 cm³/mol. The first-order chi connectivity index (χ1) is 15.1. The van der Waals surface area contributed by atoms with Crippen LogP contribution in [-0.4, -0.2) is 49.0 Å². The number of nitrogens with zero attached hydrogens (tertiary/aromatic N) is 2. The minimum Gasteiger partial charge on any atom is -0.497 e. The fourth-order valence-corrected chi connectivity index (χ4v) is 3.73. The van der Waals surface area contributed by atoms with Crippen LogP contribution in [0.4, 0.5) is 0 Å². The van der Waals surface area contributed by atoms with Crippen LogP contribution in [0.25, 0.3) is 0 Å². The molecule has 6 nitrogen and oxygen atoms in total. The predicted octanol–water partition coefficient (Wildman–Crippen LogP) is 4.13. The van der Waals surface area contributed by atoms with E-state index in [-0.39, 0.29) is 5.91 Å². The number of rotatable bonds is 7. The van der Waals surface area contributed by atoms with Gasteiger partial charge in [-0.25, -0.2) is 0 Å². The Kier molecular flexibility index (Phi) is 6.57. The van der Waals surface area contributed by atoms with Gasteiger partial charge in [0.25, 0.3) is 5.91 Å². The molecule has 1 aliphatic rings. The van der Waals surface area contributed by atoms with Crippen molar-refractivity contribution in [2.24, 2.45) is 0 Å². The second kappa shape index (κ2) is 9.71. The van der Waals surface area contributed by atoms with Gasteiger partial charge in [0.1, 0.15) is 23.9 Å². The van der Waals surface area contributed by atoms with Gasteiger partial charge in [0.05, 0.1) is 7.11 Å². The monoisotopic (exact) mass is 420 g/mol. The Morgan fingerprint density at radius 3 is 2.58 bits per heavy atom. The Labute approximate surface area is 183 Å². The number of furan rings is 1. The van der Waals surface area contributed by atoms with E-state index in [1.807, 2.05) is 54.3 Å². The molecular formula is C25H28N2O4. The number of methoxy groups -OCH3 is 1. The summed E-state index contributed by atoms with van der Waals surface area (Å²) in [5, 5.41) is 0. The third kappa shape index (κ3) is 5.27. The van der Waals surface area contributed by atoms with Gasteiger partial charge in [0.2, 0.25) is 0 Å². The number of aryl methyl sites for hydroxylation is 1. The molecule has 4 rings (SSSR count). The zero-order chi connectivity index (χ0) is 21.6. The van der Waals surface area contributed by atoms with Gasteiger partial charge in [-0.1, -0.05) is 30.3 Å². The molecule has 1 fully saturated rings. The minimum atomic E-state index is -0.0665. The summed E-state index contributed by atoms with van der Waals surface area (Å²) in [4.78, 5) is 17.0. The van der Waals surface area contributed by atoms with Crippen molar-refractivity contribution in [1.29, 1.82) is 0 Å². The van der Waals surface area contributed by atoms with Crippen molar-refractivity contribution in [3.63, 3.8) is 0 Å². The lowest BCUT2D eigenvalue weighted by Gasteiger charge is -2.34. The molecule has 1 aliphatic heterocycles. The van der Waals surface area contributed by atoms with Gasteiger partial charge < -0.3 is 18.8 Å². The lowest BCUT2D eigenvalue weighted by Crippen LogP contribution is -2.48. The summed E-state index contributed by atoms with van der Waals surface area (Å²) in [7, 11) is 1.68. The van der Waals surface area contributed by atoms with Crippen LogP contribution >= 0.6 is 0 Å². The Balaban J connectivity index is 1.28. The van der Waals surface area contributed by atoms with Gasteiger partial charge in [-0.2, -0.15) is 0 Å². The van der Waals surface area contributed by atoms with Crippen LogP contribution in [-0.2, 0) is 13.2 Å². The number of carbonyl (C=O) groups excluding carboxylic acids is 1. The molecule has 1 saturated heterocycles. The summed E-state index contributed by atoms with van der Waals surface area (Å²) >= 11 is 0. The highest BCUT2D eigenvalue weighted by Gasteiger charge is 2.24. The second-order valence-electron chi connectivity index (χ2n) is 7.74. The Hall–Kier alpha value is -3.25. The quantitative estimate of drug-likeness (QED) is 0.575. The number of para-hydroxylation sites is 1. The van der Waals surface area contributed by atoms with E-state index < -0.39 is 0 Å². The highest BCUT2D eigenvalue weighted by molar-refractivity contribution is 5.91. The first kappa shape index (κ1) is 21.0. The van der Waals surface area contributed by atoms with Crippen LogP contribution in [0.15, 0.2) is 65.1 Å². The summed E-state index contributed by atoms with van der Waals surface area (Å²) in [6.07, 6.45) is 0. The molecule has 2 aromatic carbocycles. The van der Waals surface area contributed by atoms with Gasteiger partial charge in [-0.05, 0) is 48.4 Å². The Bertz CT molecular complexity index is 1020. The average Bonchev–Trinajstić information content (AvgIpc) is 3.28. The maximum absolute atomic E-state index is 12.8. The highest BCUT2D eigenvalue weighted by Crippen LogP contribution is 2.20.